The molecule has 0 spiro atoms. The smallest absolute Gasteiger partial charge is 0.257 e. The van der Waals surface area contributed by atoms with Crippen LogP contribution in [-0.2, 0) is 6.54 Å². The maximum absolute atomic E-state index is 5.87. The van der Waals surface area contributed by atoms with Crippen LogP contribution in [0.5, 0.6) is 5.75 Å². The number of benzene rings is 1. The number of aryl methyl sites for hydroxylation is 1. The van der Waals surface area contributed by atoms with Gasteiger partial charge in [-0.15, -0.1) is 0 Å². The zero-order valence-electron chi connectivity index (χ0n) is 8.92. The first-order chi connectivity index (χ1) is 7.77. The molecule has 2 heterocycles. The average Bonchev–Trinajstić information content (AvgIpc) is 2.49. The molecule has 1 aromatic heterocycles. The minimum absolute atomic E-state index is 0. The molecule has 1 aromatic carbocycles. The zero-order chi connectivity index (χ0) is 11.1. The molecule has 2 aromatic rings. The summed E-state index contributed by atoms with van der Waals surface area (Å²) in [6.07, 6.45) is 3.22. The second-order valence-electron chi connectivity index (χ2n) is 3.84. The second-order valence-corrected chi connectivity index (χ2v) is 6.16. The predicted molar refractivity (Wildman–Crippen MR) is 79.7 cm³/mol. The van der Waals surface area contributed by atoms with Crippen molar-refractivity contribution in [2.45, 2.75) is 13.0 Å². The minimum atomic E-state index is 0. The number of nitrogens with zero attached hydrogens (tertiary/aromatic N) is 1. The lowest BCUT2D eigenvalue weighted by Gasteiger charge is -2.07. The summed E-state index contributed by atoms with van der Waals surface area (Å²) in [6, 6.07) is 6.47. The number of hydrogen-bond donors (Lipinski definition) is 0. The van der Waals surface area contributed by atoms with Crippen LogP contribution in [0, 0.1) is 7.14 Å². The summed E-state index contributed by atoms with van der Waals surface area (Å²) in [6.45, 7) is 1.86. The highest BCUT2D eigenvalue weighted by molar-refractivity contribution is 14.1. The van der Waals surface area contributed by atoms with Crippen molar-refractivity contribution in [2.75, 3.05) is 6.61 Å². The molecule has 90 valence electrons. The van der Waals surface area contributed by atoms with Crippen LogP contribution in [0.1, 0.15) is 6.42 Å². The molecule has 0 unspecified atom stereocenters. The molecule has 0 radical (unpaired) electrons. The van der Waals surface area contributed by atoms with E-state index in [1.165, 1.54) is 18.0 Å². The Labute approximate surface area is 138 Å². The Balaban J connectivity index is 0.00000108. The topological polar surface area (TPSA) is 13.1 Å². The van der Waals surface area contributed by atoms with Gasteiger partial charge in [0.05, 0.1) is 15.6 Å². The van der Waals surface area contributed by atoms with E-state index in [1.807, 2.05) is 0 Å². The summed E-state index contributed by atoms with van der Waals surface area (Å²) < 4.78 is 10.7. The molecule has 0 aliphatic carbocycles. The van der Waals surface area contributed by atoms with Crippen LogP contribution in [0.2, 0.25) is 0 Å². The average molecular weight is 518 g/mol. The van der Waals surface area contributed by atoms with Gasteiger partial charge < -0.3 is 21.7 Å². The number of hydrogen-bond acceptors (Lipinski definition) is 1. The van der Waals surface area contributed by atoms with Crippen molar-refractivity contribution in [3.63, 3.8) is 0 Å². The molecular formula is C12H10BrI2NO. The van der Waals surface area contributed by atoms with E-state index in [0.717, 1.165) is 25.3 Å². The fourth-order valence-corrected chi connectivity index (χ4v) is 4.16. The number of rotatable bonds is 0. The minimum Gasteiger partial charge on any atom is -1.00 e. The highest BCUT2D eigenvalue weighted by Crippen LogP contribution is 2.33. The van der Waals surface area contributed by atoms with Gasteiger partial charge >= 0.3 is 0 Å². The molecule has 0 N–H and O–H groups in total. The molecule has 0 saturated carbocycles. The van der Waals surface area contributed by atoms with E-state index in [2.05, 4.69) is 74.1 Å². The molecule has 17 heavy (non-hydrogen) atoms. The Morgan fingerprint density at radius 2 is 2.06 bits per heavy atom. The number of pyridine rings is 1. The van der Waals surface area contributed by atoms with Gasteiger partial charge in [0.25, 0.3) is 5.52 Å². The third-order valence-corrected chi connectivity index (χ3v) is 4.50. The van der Waals surface area contributed by atoms with Crippen LogP contribution >= 0.6 is 45.2 Å². The maximum Gasteiger partial charge on any atom is 0.257 e. The number of ether oxygens (including phenoxy) is 1. The molecule has 3 rings (SSSR count). The fourth-order valence-electron chi connectivity index (χ4n) is 2.10. The molecule has 2 nitrogen and oxygen atoms in total. The molecule has 0 saturated heterocycles. The van der Waals surface area contributed by atoms with Crippen LogP contribution in [0.3, 0.4) is 0 Å². The Kier molecular flexibility index (Phi) is 4.51. The van der Waals surface area contributed by atoms with Crippen molar-refractivity contribution in [1.82, 2.24) is 0 Å². The first-order valence-corrected chi connectivity index (χ1v) is 7.36. The van der Waals surface area contributed by atoms with Gasteiger partial charge in [0.15, 0.2) is 12.7 Å². The highest BCUT2D eigenvalue weighted by Gasteiger charge is 2.22. The van der Waals surface area contributed by atoms with Crippen molar-refractivity contribution in [2.24, 2.45) is 0 Å². The number of halogens is 3. The summed E-state index contributed by atoms with van der Waals surface area (Å²) in [7, 11) is 0. The molecule has 1 aliphatic heterocycles. The van der Waals surface area contributed by atoms with Crippen LogP contribution < -0.4 is 26.3 Å². The summed E-state index contributed by atoms with van der Waals surface area (Å²) in [4.78, 5) is 0. The largest absolute Gasteiger partial charge is 1.00 e. The Hall–Kier alpha value is 0.370. The lowest BCUT2D eigenvalue weighted by molar-refractivity contribution is -0.670. The van der Waals surface area contributed by atoms with Gasteiger partial charge in [-0.3, -0.25) is 0 Å². The SMILES string of the molecule is Ic1cc(I)c2ccc[n+]3c2c1OCCC3.[Br-]. The van der Waals surface area contributed by atoms with Gasteiger partial charge in [0.1, 0.15) is 0 Å². The van der Waals surface area contributed by atoms with Crippen LogP contribution in [0.4, 0.5) is 0 Å². The van der Waals surface area contributed by atoms with E-state index in [-0.39, 0.29) is 17.0 Å². The van der Waals surface area contributed by atoms with E-state index < -0.39 is 0 Å². The van der Waals surface area contributed by atoms with E-state index in [9.17, 15) is 0 Å². The lowest BCUT2D eigenvalue weighted by atomic mass is 10.2. The van der Waals surface area contributed by atoms with Gasteiger partial charge in [-0.1, -0.05) is 0 Å². The summed E-state index contributed by atoms with van der Waals surface area (Å²) in [5, 5.41) is 1.29. The quantitative estimate of drug-likeness (QED) is 0.358. The summed E-state index contributed by atoms with van der Waals surface area (Å²) in [5.74, 6) is 1.05. The first-order valence-electron chi connectivity index (χ1n) is 5.20. The Morgan fingerprint density at radius 1 is 1.24 bits per heavy atom. The van der Waals surface area contributed by atoms with E-state index in [1.54, 1.807) is 0 Å². The van der Waals surface area contributed by atoms with Gasteiger partial charge in [0, 0.05) is 16.1 Å². The van der Waals surface area contributed by atoms with Crippen LogP contribution in [0.15, 0.2) is 24.4 Å². The normalized spacial score (nSPS) is 13.8. The van der Waals surface area contributed by atoms with Crippen molar-refractivity contribution < 1.29 is 26.3 Å². The van der Waals surface area contributed by atoms with Crippen LogP contribution in [0.25, 0.3) is 10.9 Å². The summed E-state index contributed by atoms with van der Waals surface area (Å²) in [5.41, 5.74) is 1.25. The molecule has 0 amide bonds. The van der Waals surface area contributed by atoms with Gasteiger partial charge in [0.2, 0.25) is 5.75 Å². The number of aromatic nitrogens is 1. The van der Waals surface area contributed by atoms with Crippen molar-refractivity contribution in [1.29, 1.82) is 0 Å². The molecule has 0 bridgehead atoms. The second kappa shape index (κ2) is 5.56. The van der Waals surface area contributed by atoms with Gasteiger partial charge in [-0.25, -0.2) is 0 Å². The monoisotopic (exact) mass is 517 g/mol. The lowest BCUT2D eigenvalue weighted by Crippen LogP contribution is -3.00. The molecular weight excluding hydrogens is 508 g/mol. The van der Waals surface area contributed by atoms with Crippen molar-refractivity contribution >= 4 is 56.1 Å². The van der Waals surface area contributed by atoms with E-state index >= 15 is 0 Å². The molecule has 0 fully saturated rings. The maximum atomic E-state index is 5.87. The van der Waals surface area contributed by atoms with E-state index in [0.29, 0.717) is 0 Å². The highest BCUT2D eigenvalue weighted by atomic mass is 127. The van der Waals surface area contributed by atoms with Crippen molar-refractivity contribution in [3.05, 3.63) is 31.5 Å². The predicted octanol–water partition coefficient (Wildman–Crippen LogP) is 0.123. The first kappa shape index (κ1) is 13.8. The molecule has 5 heteroatoms. The van der Waals surface area contributed by atoms with Gasteiger partial charge in [-0.2, -0.15) is 4.57 Å². The zero-order valence-corrected chi connectivity index (χ0v) is 14.8. The Bertz CT molecular complexity index is 574. The van der Waals surface area contributed by atoms with Crippen molar-refractivity contribution in [3.8, 4) is 5.75 Å². The molecule has 1 aliphatic rings. The Morgan fingerprint density at radius 3 is 2.88 bits per heavy atom. The van der Waals surface area contributed by atoms with Crippen LogP contribution in [-0.4, -0.2) is 6.61 Å². The third-order valence-electron chi connectivity index (χ3n) is 2.80. The summed E-state index contributed by atoms with van der Waals surface area (Å²) >= 11 is 4.76. The molecule has 0 atom stereocenters. The van der Waals surface area contributed by atoms with Gasteiger partial charge in [-0.05, 0) is 57.3 Å². The van der Waals surface area contributed by atoms with E-state index in [4.69, 9.17) is 4.74 Å². The standard InChI is InChI=1S/C12H10I2NO.BrH/c13-9-7-10(14)12-11-8(9)3-1-4-15(11)5-2-6-16-12;/h1,3-4,7H,2,5-6H2;1H/q+1;/p-1. The third kappa shape index (κ3) is 2.42. The fraction of sp³-hybridized carbons (Fsp3) is 0.250.